The molecule has 4 nitrogen and oxygen atoms in total. The lowest BCUT2D eigenvalue weighted by atomic mass is 10.1. The molecule has 0 amide bonds. The van der Waals surface area contributed by atoms with E-state index in [2.05, 4.69) is 10.0 Å². The first-order chi connectivity index (χ1) is 8.77. The quantitative estimate of drug-likeness (QED) is 0.876. The second kappa shape index (κ2) is 5.05. The van der Waals surface area contributed by atoms with Gasteiger partial charge in [0, 0.05) is 17.1 Å². The number of halogens is 1. The van der Waals surface area contributed by atoms with Crippen LogP contribution < -0.4 is 10.0 Å². The zero-order valence-corrected chi connectivity index (χ0v) is 13.0. The van der Waals surface area contributed by atoms with Crippen molar-refractivity contribution in [2.45, 2.75) is 43.7 Å². The fourth-order valence-corrected chi connectivity index (χ4v) is 4.11. The van der Waals surface area contributed by atoms with Gasteiger partial charge >= 0.3 is 0 Å². The second-order valence-electron chi connectivity index (χ2n) is 5.38. The molecule has 6 heteroatoms. The summed E-state index contributed by atoms with van der Waals surface area (Å²) >= 11 is 6.03. The number of benzene rings is 1. The molecular formula is C13H19ClN2O2S. The first-order valence-corrected chi connectivity index (χ1v) is 8.11. The van der Waals surface area contributed by atoms with Gasteiger partial charge in [-0.2, -0.15) is 0 Å². The molecule has 1 fully saturated rings. The average molecular weight is 303 g/mol. The summed E-state index contributed by atoms with van der Waals surface area (Å²) in [6.07, 6.45) is 1.77. The van der Waals surface area contributed by atoms with Crippen LogP contribution in [-0.2, 0) is 16.6 Å². The minimum atomic E-state index is -3.51. The molecule has 0 bridgehead atoms. The summed E-state index contributed by atoms with van der Waals surface area (Å²) in [5.74, 6) is 0. The Balaban J connectivity index is 2.43. The highest BCUT2D eigenvalue weighted by Crippen LogP contribution is 2.36. The van der Waals surface area contributed by atoms with Crippen molar-refractivity contribution in [2.24, 2.45) is 0 Å². The van der Waals surface area contributed by atoms with Crippen molar-refractivity contribution in [2.75, 3.05) is 7.05 Å². The number of hydrogen-bond donors (Lipinski definition) is 2. The Morgan fingerprint density at radius 2 is 2.00 bits per heavy atom. The summed E-state index contributed by atoms with van der Waals surface area (Å²) in [5, 5.41) is 3.46. The van der Waals surface area contributed by atoms with E-state index < -0.39 is 10.0 Å². The van der Waals surface area contributed by atoms with Crippen LogP contribution in [0.3, 0.4) is 0 Å². The number of rotatable bonds is 5. The van der Waals surface area contributed by atoms with E-state index in [-0.39, 0.29) is 10.4 Å². The van der Waals surface area contributed by atoms with Crippen LogP contribution in [0.2, 0.25) is 5.02 Å². The van der Waals surface area contributed by atoms with Gasteiger partial charge in [0.2, 0.25) is 10.0 Å². The van der Waals surface area contributed by atoms with Crippen molar-refractivity contribution >= 4 is 21.6 Å². The third kappa shape index (κ3) is 3.28. The minimum Gasteiger partial charge on any atom is -0.316 e. The van der Waals surface area contributed by atoms with Crippen molar-refractivity contribution in [1.82, 2.24) is 10.0 Å². The van der Waals surface area contributed by atoms with E-state index in [1.54, 1.807) is 6.07 Å². The Morgan fingerprint density at radius 1 is 1.37 bits per heavy atom. The topological polar surface area (TPSA) is 58.2 Å². The average Bonchev–Trinajstić information content (AvgIpc) is 3.00. The largest absolute Gasteiger partial charge is 0.316 e. The van der Waals surface area contributed by atoms with Crippen LogP contribution in [0.5, 0.6) is 0 Å². The zero-order chi connectivity index (χ0) is 14.3. The molecule has 106 valence electrons. The van der Waals surface area contributed by atoms with E-state index in [9.17, 15) is 8.42 Å². The van der Waals surface area contributed by atoms with Crippen LogP contribution in [0.15, 0.2) is 17.0 Å². The standard InChI is InChI=1S/C13H19ClN2O2S/c1-9-10(8-15-3)6-11(14)7-12(9)19(17,18)16-13(2)4-5-13/h6-7,15-16H,4-5,8H2,1-3H3. The highest BCUT2D eigenvalue weighted by atomic mass is 35.5. The normalized spacial score (nSPS) is 17.5. The van der Waals surface area contributed by atoms with Gasteiger partial charge in [0.05, 0.1) is 4.90 Å². The van der Waals surface area contributed by atoms with Crippen LogP contribution in [0.4, 0.5) is 0 Å². The van der Waals surface area contributed by atoms with Crippen LogP contribution in [0.25, 0.3) is 0 Å². The Hall–Kier alpha value is -0.620. The Kier molecular flexibility index (Phi) is 3.93. The Bertz CT molecular complexity index is 595. The summed E-state index contributed by atoms with van der Waals surface area (Å²) in [6.45, 7) is 4.32. The fraction of sp³-hybridized carbons (Fsp3) is 0.538. The van der Waals surface area contributed by atoms with Crippen molar-refractivity contribution in [1.29, 1.82) is 0 Å². The third-order valence-electron chi connectivity index (χ3n) is 3.47. The van der Waals surface area contributed by atoms with E-state index in [1.165, 1.54) is 6.07 Å². The van der Waals surface area contributed by atoms with Gasteiger partial charge in [0.1, 0.15) is 0 Å². The molecule has 0 aromatic heterocycles. The molecule has 0 saturated heterocycles. The fourth-order valence-electron chi connectivity index (χ4n) is 2.03. The predicted molar refractivity (Wildman–Crippen MR) is 76.9 cm³/mol. The molecule has 0 spiro atoms. The Labute approximate surface area is 119 Å². The SMILES string of the molecule is CNCc1cc(Cl)cc(S(=O)(=O)NC2(C)CC2)c1C. The van der Waals surface area contributed by atoms with E-state index in [0.29, 0.717) is 11.6 Å². The predicted octanol–water partition coefficient (Wildman–Crippen LogP) is 2.20. The number of nitrogens with one attached hydrogen (secondary N) is 2. The molecule has 19 heavy (non-hydrogen) atoms. The number of sulfonamides is 1. The van der Waals surface area contributed by atoms with Gasteiger partial charge in [-0.05, 0) is 57.0 Å². The van der Waals surface area contributed by atoms with Gasteiger partial charge in [0.15, 0.2) is 0 Å². The molecule has 2 N–H and O–H groups in total. The molecular weight excluding hydrogens is 284 g/mol. The van der Waals surface area contributed by atoms with Gasteiger partial charge in [0.25, 0.3) is 0 Å². The van der Waals surface area contributed by atoms with Crippen molar-refractivity contribution in [3.63, 3.8) is 0 Å². The summed E-state index contributed by atoms with van der Waals surface area (Å²) in [7, 11) is -1.69. The lowest BCUT2D eigenvalue weighted by Crippen LogP contribution is -2.34. The first kappa shape index (κ1) is 14.8. The van der Waals surface area contributed by atoms with Gasteiger partial charge in [-0.15, -0.1) is 0 Å². The molecule has 1 aliphatic carbocycles. The molecule has 0 unspecified atom stereocenters. The Morgan fingerprint density at radius 3 is 2.53 bits per heavy atom. The van der Waals surface area contributed by atoms with Gasteiger partial charge in [-0.3, -0.25) is 0 Å². The highest BCUT2D eigenvalue weighted by Gasteiger charge is 2.41. The summed E-state index contributed by atoms with van der Waals surface area (Å²) in [5.41, 5.74) is 1.36. The van der Waals surface area contributed by atoms with Crippen LogP contribution in [0, 0.1) is 6.92 Å². The smallest absolute Gasteiger partial charge is 0.241 e. The summed E-state index contributed by atoms with van der Waals surface area (Å²) < 4.78 is 27.6. The maximum atomic E-state index is 12.4. The molecule has 0 aliphatic heterocycles. The molecule has 1 aromatic rings. The van der Waals surface area contributed by atoms with Crippen LogP contribution in [0.1, 0.15) is 30.9 Å². The summed E-state index contributed by atoms with van der Waals surface area (Å²) in [6, 6.07) is 3.31. The zero-order valence-electron chi connectivity index (χ0n) is 11.4. The van der Waals surface area contributed by atoms with E-state index >= 15 is 0 Å². The molecule has 0 atom stereocenters. The van der Waals surface area contributed by atoms with Gasteiger partial charge in [-0.1, -0.05) is 11.6 Å². The van der Waals surface area contributed by atoms with Crippen LogP contribution in [-0.4, -0.2) is 21.0 Å². The van der Waals surface area contributed by atoms with Gasteiger partial charge in [-0.25, -0.2) is 13.1 Å². The van der Waals surface area contributed by atoms with E-state index in [0.717, 1.165) is 24.0 Å². The van der Waals surface area contributed by atoms with Crippen molar-refractivity contribution in [3.8, 4) is 0 Å². The summed E-state index contributed by atoms with van der Waals surface area (Å²) in [4.78, 5) is 0.276. The third-order valence-corrected chi connectivity index (χ3v) is 5.45. The molecule has 2 rings (SSSR count). The maximum Gasteiger partial charge on any atom is 0.241 e. The second-order valence-corrected chi connectivity index (χ2v) is 7.47. The maximum absolute atomic E-state index is 12.4. The van der Waals surface area contributed by atoms with E-state index in [4.69, 9.17) is 11.6 Å². The lowest BCUT2D eigenvalue weighted by molar-refractivity contribution is 0.557. The van der Waals surface area contributed by atoms with Crippen LogP contribution >= 0.6 is 11.6 Å². The van der Waals surface area contributed by atoms with Crippen molar-refractivity contribution in [3.05, 3.63) is 28.3 Å². The minimum absolute atomic E-state index is 0.276. The number of hydrogen-bond acceptors (Lipinski definition) is 3. The molecule has 0 radical (unpaired) electrons. The molecule has 1 aliphatic rings. The molecule has 1 aromatic carbocycles. The van der Waals surface area contributed by atoms with Gasteiger partial charge < -0.3 is 5.32 Å². The molecule has 1 saturated carbocycles. The lowest BCUT2D eigenvalue weighted by Gasteiger charge is -2.16. The van der Waals surface area contributed by atoms with Crippen molar-refractivity contribution < 1.29 is 8.42 Å². The van der Waals surface area contributed by atoms with E-state index in [1.807, 2.05) is 20.9 Å². The first-order valence-electron chi connectivity index (χ1n) is 6.25. The monoisotopic (exact) mass is 302 g/mol. The highest BCUT2D eigenvalue weighted by molar-refractivity contribution is 7.89. The molecule has 0 heterocycles.